The average molecular weight is 235 g/mol. The topological polar surface area (TPSA) is 40.7 Å². The summed E-state index contributed by atoms with van der Waals surface area (Å²) in [6.45, 7) is 3.51. The first-order valence-electron chi connectivity index (χ1n) is 7.06. The van der Waals surface area contributed by atoms with Gasteiger partial charge in [-0.25, -0.2) is 4.98 Å². The molecule has 1 saturated carbocycles. The largest absolute Gasteiger partial charge is 0.349 e. The summed E-state index contributed by atoms with van der Waals surface area (Å²) in [5, 5.41) is 3.70. The first-order valence-corrected chi connectivity index (χ1v) is 7.06. The molecule has 1 aliphatic rings. The molecule has 0 spiro atoms. The normalized spacial score (nSPS) is 25.7. The van der Waals surface area contributed by atoms with Crippen LogP contribution in [0.2, 0.25) is 0 Å². The third-order valence-electron chi connectivity index (χ3n) is 3.84. The van der Waals surface area contributed by atoms with E-state index in [0.29, 0.717) is 0 Å². The lowest BCUT2D eigenvalue weighted by Crippen LogP contribution is -2.29. The molecule has 0 saturated heterocycles. The van der Waals surface area contributed by atoms with E-state index in [1.807, 2.05) is 12.4 Å². The minimum Gasteiger partial charge on any atom is -0.349 e. The number of aromatic nitrogens is 2. The number of aryl methyl sites for hydroxylation is 1. The van der Waals surface area contributed by atoms with Crippen LogP contribution in [-0.2, 0) is 6.42 Å². The predicted octanol–water partition coefficient (Wildman–Crippen LogP) is 2.90. The van der Waals surface area contributed by atoms with Crippen LogP contribution in [0.1, 0.15) is 51.3 Å². The van der Waals surface area contributed by atoms with Gasteiger partial charge < -0.3 is 10.3 Å². The van der Waals surface area contributed by atoms with Crippen LogP contribution in [0.25, 0.3) is 0 Å². The minimum absolute atomic E-state index is 0.761. The fourth-order valence-electron chi connectivity index (χ4n) is 2.69. The molecule has 1 aromatic heterocycles. The van der Waals surface area contributed by atoms with Crippen molar-refractivity contribution in [2.24, 2.45) is 5.92 Å². The van der Waals surface area contributed by atoms with Gasteiger partial charge in [-0.15, -0.1) is 0 Å². The van der Waals surface area contributed by atoms with Crippen molar-refractivity contribution >= 4 is 0 Å². The fourth-order valence-corrected chi connectivity index (χ4v) is 2.69. The Morgan fingerprint density at radius 3 is 3.12 bits per heavy atom. The highest BCUT2D eigenvalue weighted by atomic mass is 14.9. The molecule has 1 heterocycles. The van der Waals surface area contributed by atoms with Crippen LogP contribution < -0.4 is 5.32 Å². The van der Waals surface area contributed by atoms with Gasteiger partial charge in [-0.1, -0.05) is 19.8 Å². The van der Waals surface area contributed by atoms with E-state index in [0.717, 1.165) is 30.7 Å². The predicted molar refractivity (Wildman–Crippen MR) is 70.9 cm³/mol. The molecule has 3 heteroatoms. The van der Waals surface area contributed by atoms with E-state index in [4.69, 9.17) is 0 Å². The Kier molecular flexibility index (Phi) is 5.05. The Labute approximate surface area is 104 Å². The SMILES string of the molecule is CC1CCCC(NCCCc2ncc[nH]2)CC1. The molecule has 0 radical (unpaired) electrons. The van der Waals surface area contributed by atoms with Gasteiger partial charge in [-0.2, -0.15) is 0 Å². The zero-order chi connectivity index (χ0) is 11.9. The Bertz CT molecular complexity index is 294. The summed E-state index contributed by atoms with van der Waals surface area (Å²) in [5.74, 6) is 2.05. The zero-order valence-electron chi connectivity index (χ0n) is 10.9. The van der Waals surface area contributed by atoms with E-state index >= 15 is 0 Å². The van der Waals surface area contributed by atoms with E-state index < -0.39 is 0 Å². The van der Waals surface area contributed by atoms with Crippen molar-refractivity contribution in [1.82, 2.24) is 15.3 Å². The molecule has 96 valence electrons. The smallest absolute Gasteiger partial charge is 0.106 e. The molecule has 2 N–H and O–H groups in total. The highest BCUT2D eigenvalue weighted by Crippen LogP contribution is 2.22. The molecule has 0 aliphatic heterocycles. The van der Waals surface area contributed by atoms with Crippen molar-refractivity contribution < 1.29 is 0 Å². The van der Waals surface area contributed by atoms with Gasteiger partial charge in [0.2, 0.25) is 0 Å². The van der Waals surface area contributed by atoms with Crippen molar-refractivity contribution in [3.63, 3.8) is 0 Å². The van der Waals surface area contributed by atoms with Crippen molar-refractivity contribution in [3.8, 4) is 0 Å². The summed E-state index contributed by atoms with van der Waals surface area (Å²) >= 11 is 0. The summed E-state index contributed by atoms with van der Waals surface area (Å²) in [6, 6.07) is 0.761. The molecule has 2 rings (SSSR count). The summed E-state index contributed by atoms with van der Waals surface area (Å²) in [4.78, 5) is 7.39. The van der Waals surface area contributed by atoms with E-state index in [2.05, 4.69) is 22.2 Å². The van der Waals surface area contributed by atoms with Gasteiger partial charge in [0.25, 0.3) is 0 Å². The van der Waals surface area contributed by atoms with E-state index in [1.54, 1.807) is 0 Å². The van der Waals surface area contributed by atoms with Crippen LogP contribution in [0.5, 0.6) is 0 Å². The molecule has 17 heavy (non-hydrogen) atoms. The molecule has 1 fully saturated rings. The minimum atomic E-state index is 0.761. The quantitative estimate of drug-likeness (QED) is 0.608. The molecule has 1 aliphatic carbocycles. The van der Waals surface area contributed by atoms with Crippen molar-refractivity contribution in [2.45, 2.75) is 57.9 Å². The van der Waals surface area contributed by atoms with E-state index in [9.17, 15) is 0 Å². The number of hydrogen-bond donors (Lipinski definition) is 2. The van der Waals surface area contributed by atoms with Gasteiger partial charge in [-0.3, -0.25) is 0 Å². The van der Waals surface area contributed by atoms with Crippen LogP contribution in [0.3, 0.4) is 0 Å². The van der Waals surface area contributed by atoms with Crippen LogP contribution in [0.4, 0.5) is 0 Å². The van der Waals surface area contributed by atoms with Gasteiger partial charge >= 0.3 is 0 Å². The van der Waals surface area contributed by atoms with Crippen LogP contribution in [0, 0.1) is 5.92 Å². The number of imidazole rings is 1. The molecule has 2 atom stereocenters. The Balaban J connectivity index is 1.58. The molecule has 1 aromatic rings. The van der Waals surface area contributed by atoms with Crippen LogP contribution >= 0.6 is 0 Å². The van der Waals surface area contributed by atoms with Crippen LogP contribution in [0.15, 0.2) is 12.4 Å². The molecular weight excluding hydrogens is 210 g/mol. The standard InChI is InChI=1S/C14H25N3/c1-12-4-2-5-13(8-7-12)15-9-3-6-14-16-10-11-17-14/h10-13,15H,2-9H2,1H3,(H,16,17). The zero-order valence-corrected chi connectivity index (χ0v) is 10.9. The lowest BCUT2D eigenvalue weighted by Gasteiger charge is -2.16. The van der Waals surface area contributed by atoms with Crippen molar-refractivity contribution in [1.29, 1.82) is 0 Å². The highest BCUT2D eigenvalue weighted by Gasteiger charge is 2.15. The molecule has 0 amide bonds. The maximum Gasteiger partial charge on any atom is 0.106 e. The molecule has 2 unspecified atom stereocenters. The van der Waals surface area contributed by atoms with Crippen molar-refractivity contribution in [2.75, 3.05) is 6.54 Å². The third-order valence-corrected chi connectivity index (χ3v) is 3.84. The molecule has 3 nitrogen and oxygen atoms in total. The molecule has 0 aromatic carbocycles. The third kappa shape index (κ3) is 4.50. The van der Waals surface area contributed by atoms with Gasteiger partial charge in [0.15, 0.2) is 0 Å². The summed E-state index contributed by atoms with van der Waals surface area (Å²) < 4.78 is 0. The molecular formula is C14H25N3. The van der Waals surface area contributed by atoms with Crippen LogP contribution in [-0.4, -0.2) is 22.6 Å². The average Bonchev–Trinajstić information content (AvgIpc) is 2.75. The maximum absolute atomic E-state index is 4.24. The van der Waals surface area contributed by atoms with Gasteiger partial charge in [0, 0.05) is 24.9 Å². The lowest BCUT2D eigenvalue weighted by atomic mass is 10.0. The summed E-state index contributed by atoms with van der Waals surface area (Å²) in [5.41, 5.74) is 0. The summed E-state index contributed by atoms with van der Waals surface area (Å²) in [6.07, 6.45) is 12.9. The maximum atomic E-state index is 4.24. The number of H-pyrrole nitrogens is 1. The number of nitrogens with one attached hydrogen (secondary N) is 2. The number of rotatable bonds is 5. The van der Waals surface area contributed by atoms with Gasteiger partial charge in [0.1, 0.15) is 5.82 Å². The van der Waals surface area contributed by atoms with Gasteiger partial charge in [0.05, 0.1) is 0 Å². The monoisotopic (exact) mass is 235 g/mol. The van der Waals surface area contributed by atoms with E-state index in [-0.39, 0.29) is 0 Å². The second kappa shape index (κ2) is 6.80. The summed E-state index contributed by atoms with van der Waals surface area (Å²) in [7, 11) is 0. The number of nitrogens with zero attached hydrogens (tertiary/aromatic N) is 1. The first-order chi connectivity index (χ1) is 8.34. The Hall–Kier alpha value is -0.830. The number of hydrogen-bond acceptors (Lipinski definition) is 2. The van der Waals surface area contributed by atoms with Gasteiger partial charge in [-0.05, 0) is 38.1 Å². The molecule has 0 bridgehead atoms. The fraction of sp³-hybridized carbons (Fsp3) is 0.786. The van der Waals surface area contributed by atoms with Crippen molar-refractivity contribution in [3.05, 3.63) is 18.2 Å². The second-order valence-electron chi connectivity index (χ2n) is 5.40. The number of aromatic amines is 1. The highest BCUT2D eigenvalue weighted by molar-refractivity contribution is 4.87. The lowest BCUT2D eigenvalue weighted by molar-refractivity contribution is 0.444. The Morgan fingerprint density at radius 1 is 1.35 bits per heavy atom. The van der Waals surface area contributed by atoms with E-state index in [1.165, 1.54) is 38.5 Å². The first kappa shape index (κ1) is 12.6. The second-order valence-corrected chi connectivity index (χ2v) is 5.40. The Morgan fingerprint density at radius 2 is 2.29 bits per heavy atom.